The molecule has 0 saturated carbocycles. The smallest absolute Gasteiger partial charge is 0.321 e. The van der Waals surface area contributed by atoms with Crippen molar-refractivity contribution in [2.24, 2.45) is 7.05 Å². The van der Waals surface area contributed by atoms with Crippen LogP contribution in [0.4, 0.5) is 4.79 Å². The number of urea groups is 1. The molecule has 1 rings (SSSR count). The van der Waals surface area contributed by atoms with Crippen molar-refractivity contribution in [2.75, 3.05) is 0 Å². The fourth-order valence-corrected chi connectivity index (χ4v) is 1.87. The number of aromatic nitrogens is 4. The number of thioether (sulfide) groups is 1. The Kier molecular flexibility index (Phi) is 4.87. The van der Waals surface area contributed by atoms with E-state index in [-0.39, 0.29) is 0 Å². The van der Waals surface area contributed by atoms with Crippen LogP contribution in [0.3, 0.4) is 0 Å². The number of nitrogens with zero attached hydrogens (tertiary/aromatic N) is 4. The van der Waals surface area contributed by atoms with E-state index in [9.17, 15) is 9.59 Å². The lowest BCUT2D eigenvalue weighted by molar-refractivity contribution is -0.119. The highest BCUT2D eigenvalue weighted by molar-refractivity contribution is 8.00. The Morgan fingerprint density at radius 3 is 2.47 bits per heavy atom. The van der Waals surface area contributed by atoms with E-state index < -0.39 is 22.7 Å². The van der Waals surface area contributed by atoms with E-state index in [0.29, 0.717) is 5.16 Å². The van der Waals surface area contributed by atoms with Gasteiger partial charge in [-0.05, 0) is 38.1 Å². The van der Waals surface area contributed by atoms with Crippen LogP contribution in [0.25, 0.3) is 0 Å². The lowest BCUT2D eigenvalue weighted by Gasteiger charge is -2.21. The molecule has 0 saturated heterocycles. The first kappa shape index (κ1) is 15.4. The molecule has 2 N–H and O–H groups in total. The highest BCUT2D eigenvalue weighted by Gasteiger charge is 2.21. The number of carbonyl (C=O) groups excluding carboxylic acids is 2. The average molecular weight is 286 g/mol. The Morgan fingerprint density at radius 2 is 2.00 bits per heavy atom. The molecule has 0 bridgehead atoms. The van der Waals surface area contributed by atoms with Crippen molar-refractivity contribution in [1.29, 1.82) is 0 Å². The zero-order valence-corrected chi connectivity index (χ0v) is 12.4. The number of tetrazole rings is 1. The minimum Gasteiger partial charge on any atom is -0.333 e. The summed E-state index contributed by atoms with van der Waals surface area (Å²) in [5.74, 6) is -0.394. The van der Waals surface area contributed by atoms with E-state index in [4.69, 9.17) is 0 Å². The molecule has 0 unspecified atom stereocenters. The second-order valence-corrected chi connectivity index (χ2v) is 6.35. The highest BCUT2D eigenvalue weighted by atomic mass is 32.2. The minimum absolute atomic E-state index is 0.394. The molecule has 8 nitrogen and oxygen atoms in total. The second-order valence-electron chi connectivity index (χ2n) is 5.04. The summed E-state index contributed by atoms with van der Waals surface area (Å²) in [6.07, 6.45) is 0. The van der Waals surface area contributed by atoms with Crippen LogP contribution in [0, 0.1) is 0 Å². The summed E-state index contributed by atoms with van der Waals surface area (Å²) in [5, 5.41) is 15.9. The van der Waals surface area contributed by atoms with Crippen molar-refractivity contribution in [1.82, 2.24) is 30.8 Å². The Hall–Kier alpha value is -1.64. The summed E-state index contributed by atoms with van der Waals surface area (Å²) in [6.45, 7) is 7.18. The molecule has 1 atom stereocenters. The van der Waals surface area contributed by atoms with Gasteiger partial charge in [0.2, 0.25) is 11.1 Å². The molecule has 106 valence electrons. The van der Waals surface area contributed by atoms with Crippen LogP contribution >= 0.6 is 11.8 Å². The van der Waals surface area contributed by atoms with Crippen molar-refractivity contribution in [3.05, 3.63) is 0 Å². The topological polar surface area (TPSA) is 102 Å². The van der Waals surface area contributed by atoms with Gasteiger partial charge in [0.25, 0.3) is 0 Å². The number of imide groups is 1. The largest absolute Gasteiger partial charge is 0.333 e. The van der Waals surface area contributed by atoms with Gasteiger partial charge in [-0.3, -0.25) is 10.1 Å². The number of nitrogens with one attached hydrogen (secondary N) is 2. The zero-order valence-electron chi connectivity index (χ0n) is 11.6. The van der Waals surface area contributed by atoms with Crippen LogP contribution in [-0.2, 0) is 11.8 Å². The minimum atomic E-state index is -0.513. The van der Waals surface area contributed by atoms with Crippen LogP contribution in [-0.4, -0.2) is 42.9 Å². The van der Waals surface area contributed by atoms with Crippen LogP contribution in [0.5, 0.6) is 0 Å². The molecular weight excluding hydrogens is 268 g/mol. The van der Waals surface area contributed by atoms with Crippen LogP contribution < -0.4 is 10.6 Å². The number of amides is 3. The maximum atomic E-state index is 11.8. The molecule has 0 aliphatic heterocycles. The number of hydrogen-bond acceptors (Lipinski definition) is 6. The number of carbonyl (C=O) groups is 2. The van der Waals surface area contributed by atoms with Crippen molar-refractivity contribution < 1.29 is 9.59 Å². The molecule has 0 spiro atoms. The Bertz CT molecular complexity index is 467. The molecule has 1 aromatic heterocycles. The van der Waals surface area contributed by atoms with Gasteiger partial charge in [0.1, 0.15) is 0 Å². The van der Waals surface area contributed by atoms with Crippen molar-refractivity contribution in [3.8, 4) is 0 Å². The van der Waals surface area contributed by atoms with E-state index in [1.807, 2.05) is 20.8 Å². The average Bonchev–Trinajstić information content (AvgIpc) is 2.61. The molecule has 0 aliphatic rings. The summed E-state index contributed by atoms with van der Waals surface area (Å²) in [4.78, 5) is 23.4. The Morgan fingerprint density at radius 1 is 1.37 bits per heavy atom. The predicted molar refractivity (Wildman–Crippen MR) is 70.5 cm³/mol. The van der Waals surface area contributed by atoms with E-state index >= 15 is 0 Å². The number of hydrogen-bond donors (Lipinski definition) is 2. The van der Waals surface area contributed by atoms with E-state index in [1.54, 1.807) is 14.0 Å². The molecule has 1 heterocycles. The van der Waals surface area contributed by atoms with Gasteiger partial charge >= 0.3 is 6.03 Å². The lowest BCUT2D eigenvalue weighted by atomic mass is 10.1. The van der Waals surface area contributed by atoms with Crippen molar-refractivity contribution >= 4 is 23.7 Å². The van der Waals surface area contributed by atoms with Gasteiger partial charge in [-0.1, -0.05) is 11.8 Å². The standard InChI is InChI=1S/C10H18N6O2S/c1-6(19-9-13-14-15-16(9)5)7(17)11-8(18)12-10(2,3)4/h6H,1-5H3,(H2,11,12,17,18)/t6-/m1/s1. The summed E-state index contributed by atoms with van der Waals surface area (Å²) in [7, 11) is 1.68. The normalized spacial score (nSPS) is 12.9. The van der Waals surface area contributed by atoms with Crippen molar-refractivity contribution in [2.45, 2.75) is 43.6 Å². The van der Waals surface area contributed by atoms with E-state index in [0.717, 1.165) is 0 Å². The predicted octanol–water partition coefficient (Wildman–Crippen LogP) is 0.315. The summed E-state index contributed by atoms with van der Waals surface area (Å²) in [6, 6.07) is -0.513. The first-order valence-corrected chi connectivity index (χ1v) is 6.59. The van der Waals surface area contributed by atoms with E-state index in [2.05, 4.69) is 26.2 Å². The number of rotatable bonds is 3. The van der Waals surface area contributed by atoms with Gasteiger partial charge < -0.3 is 5.32 Å². The van der Waals surface area contributed by atoms with Crippen LogP contribution in [0.1, 0.15) is 27.7 Å². The third-order valence-corrected chi connectivity index (χ3v) is 3.08. The van der Waals surface area contributed by atoms with E-state index in [1.165, 1.54) is 16.4 Å². The number of aryl methyl sites for hydroxylation is 1. The molecule has 19 heavy (non-hydrogen) atoms. The molecular formula is C10H18N6O2S. The fourth-order valence-electron chi connectivity index (χ4n) is 1.12. The third kappa shape index (κ3) is 5.25. The SMILES string of the molecule is C[C@@H](Sc1nnnn1C)C(=O)NC(=O)NC(C)(C)C. The van der Waals surface area contributed by atoms with Gasteiger partial charge in [0, 0.05) is 12.6 Å². The van der Waals surface area contributed by atoms with Crippen LogP contribution in [0.2, 0.25) is 0 Å². The molecule has 0 aromatic carbocycles. The molecule has 1 aromatic rings. The van der Waals surface area contributed by atoms with Gasteiger partial charge in [0.05, 0.1) is 5.25 Å². The van der Waals surface area contributed by atoms with Crippen LogP contribution in [0.15, 0.2) is 5.16 Å². The molecule has 0 radical (unpaired) electrons. The monoisotopic (exact) mass is 286 g/mol. The van der Waals surface area contributed by atoms with Crippen molar-refractivity contribution in [3.63, 3.8) is 0 Å². The Labute approximate surface area is 115 Å². The fraction of sp³-hybridized carbons (Fsp3) is 0.700. The summed E-state index contributed by atoms with van der Waals surface area (Å²) >= 11 is 1.18. The Balaban J connectivity index is 2.50. The first-order chi connectivity index (χ1) is 8.69. The quantitative estimate of drug-likeness (QED) is 0.776. The molecule has 9 heteroatoms. The third-order valence-electron chi connectivity index (χ3n) is 1.96. The van der Waals surface area contributed by atoms with Gasteiger partial charge in [-0.2, -0.15) is 0 Å². The highest BCUT2D eigenvalue weighted by Crippen LogP contribution is 2.19. The molecule has 0 fully saturated rings. The summed E-state index contributed by atoms with van der Waals surface area (Å²) in [5.41, 5.74) is -0.395. The van der Waals surface area contributed by atoms with Gasteiger partial charge in [-0.15, -0.1) is 5.10 Å². The molecule has 0 aliphatic carbocycles. The van der Waals surface area contributed by atoms with Gasteiger partial charge in [-0.25, -0.2) is 9.48 Å². The maximum absolute atomic E-state index is 11.8. The summed E-state index contributed by atoms with van der Waals surface area (Å²) < 4.78 is 1.46. The lowest BCUT2D eigenvalue weighted by Crippen LogP contribution is -2.49. The molecule has 3 amide bonds. The first-order valence-electron chi connectivity index (χ1n) is 5.71. The maximum Gasteiger partial charge on any atom is 0.321 e. The second kappa shape index (κ2) is 6.00. The van der Waals surface area contributed by atoms with Gasteiger partial charge in [0.15, 0.2) is 0 Å². The zero-order chi connectivity index (χ0) is 14.6.